The van der Waals surface area contributed by atoms with E-state index >= 15 is 0 Å². The van der Waals surface area contributed by atoms with E-state index in [1.807, 2.05) is 19.2 Å². The second kappa shape index (κ2) is 5.89. The molecule has 1 aromatic rings. The number of carbonyl (C=O) groups is 1. The second-order valence-corrected chi connectivity index (χ2v) is 5.63. The molecule has 1 N–H and O–H groups in total. The molecule has 1 aromatic heterocycles. The molecule has 0 radical (unpaired) electrons. The Bertz CT molecular complexity index is 427. The third-order valence-corrected chi connectivity index (χ3v) is 3.62. The monoisotopic (exact) mass is 314 g/mol. The van der Waals surface area contributed by atoms with Crippen molar-refractivity contribution in [3.8, 4) is 0 Å². The maximum absolute atomic E-state index is 12.2. The zero-order valence-corrected chi connectivity index (χ0v) is 12.4. The summed E-state index contributed by atoms with van der Waals surface area (Å²) in [5, 5.41) is 3.01. The number of hydrogen-bond acceptors (Lipinski definition) is 2. The average molecular weight is 315 g/mol. The number of halogens is 1. The minimum absolute atomic E-state index is 0.0171. The van der Waals surface area contributed by atoms with Crippen LogP contribution in [0.3, 0.4) is 0 Å². The van der Waals surface area contributed by atoms with Crippen LogP contribution in [0.5, 0.6) is 0 Å². The molecule has 1 heterocycles. The molecule has 1 unspecified atom stereocenters. The van der Waals surface area contributed by atoms with Gasteiger partial charge in [-0.2, -0.15) is 0 Å². The van der Waals surface area contributed by atoms with Crippen molar-refractivity contribution in [1.82, 2.24) is 9.88 Å². The number of hydrogen-bond donors (Lipinski definition) is 1. The van der Waals surface area contributed by atoms with Crippen LogP contribution in [0.4, 0.5) is 0 Å². The number of nitrogens with one attached hydrogen (secondary N) is 1. The molecule has 0 aliphatic heterocycles. The largest absolute Gasteiger partial charge is 0.383 e. The van der Waals surface area contributed by atoms with E-state index in [1.54, 1.807) is 7.11 Å². The van der Waals surface area contributed by atoms with Gasteiger partial charge in [0, 0.05) is 23.8 Å². The molecule has 5 heteroatoms. The summed E-state index contributed by atoms with van der Waals surface area (Å²) >= 11 is 3.44. The van der Waals surface area contributed by atoms with Crippen molar-refractivity contribution < 1.29 is 9.53 Å². The van der Waals surface area contributed by atoms with Gasteiger partial charge < -0.3 is 14.6 Å². The molecule has 1 aliphatic rings. The average Bonchev–Trinajstić information content (AvgIpc) is 3.11. The topological polar surface area (TPSA) is 43.3 Å². The molecule has 18 heavy (non-hydrogen) atoms. The number of carbonyl (C=O) groups excluding carboxylic acids is 1. The SMILES string of the molecule is CCC(COC)NC(=O)c1cc(Br)cn1C1CC1. The van der Waals surface area contributed by atoms with Gasteiger partial charge in [0.1, 0.15) is 5.69 Å². The first-order valence-corrected chi connectivity index (χ1v) is 7.12. The van der Waals surface area contributed by atoms with Gasteiger partial charge in [0.15, 0.2) is 0 Å². The van der Waals surface area contributed by atoms with Gasteiger partial charge >= 0.3 is 0 Å². The van der Waals surface area contributed by atoms with Crippen molar-refractivity contribution in [3.05, 3.63) is 22.4 Å². The zero-order chi connectivity index (χ0) is 13.1. The summed E-state index contributed by atoms with van der Waals surface area (Å²) in [6.45, 7) is 2.59. The van der Waals surface area contributed by atoms with E-state index in [1.165, 1.54) is 0 Å². The van der Waals surface area contributed by atoms with E-state index in [0.29, 0.717) is 12.6 Å². The second-order valence-electron chi connectivity index (χ2n) is 4.72. The van der Waals surface area contributed by atoms with Crippen LogP contribution in [-0.4, -0.2) is 30.2 Å². The maximum atomic E-state index is 12.2. The van der Waals surface area contributed by atoms with Gasteiger partial charge in [-0.05, 0) is 41.3 Å². The van der Waals surface area contributed by atoms with Crippen molar-refractivity contribution >= 4 is 21.8 Å². The standard InChI is InChI=1S/C13H19BrN2O2/c1-3-10(8-18-2)15-13(17)12-6-9(14)7-16(12)11-4-5-11/h6-7,10-11H,3-5,8H2,1-2H3,(H,15,17). The summed E-state index contributed by atoms with van der Waals surface area (Å²) in [5.41, 5.74) is 0.735. The summed E-state index contributed by atoms with van der Waals surface area (Å²) < 4.78 is 8.12. The Balaban J connectivity index is 2.08. The number of ether oxygens (including phenoxy) is 1. The quantitative estimate of drug-likeness (QED) is 0.877. The molecule has 1 saturated carbocycles. The lowest BCUT2D eigenvalue weighted by Crippen LogP contribution is -2.38. The number of rotatable bonds is 6. The molecule has 1 amide bonds. The van der Waals surface area contributed by atoms with Crippen molar-refractivity contribution in [3.63, 3.8) is 0 Å². The molecule has 4 nitrogen and oxygen atoms in total. The van der Waals surface area contributed by atoms with Crippen LogP contribution in [0.25, 0.3) is 0 Å². The first-order valence-electron chi connectivity index (χ1n) is 6.32. The van der Waals surface area contributed by atoms with Gasteiger partial charge in [0.05, 0.1) is 12.6 Å². The fraction of sp³-hybridized carbons (Fsp3) is 0.615. The Hall–Kier alpha value is -0.810. The van der Waals surface area contributed by atoms with Gasteiger partial charge in [-0.1, -0.05) is 6.92 Å². The van der Waals surface area contributed by atoms with Crippen molar-refractivity contribution in [2.45, 2.75) is 38.3 Å². The molecule has 0 aromatic carbocycles. The Kier molecular flexibility index (Phi) is 4.45. The predicted octanol–water partition coefficient (Wildman–Crippen LogP) is 2.74. The molecule has 0 saturated heterocycles. The highest BCUT2D eigenvalue weighted by molar-refractivity contribution is 9.10. The van der Waals surface area contributed by atoms with Gasteiger partial charge in [-0.15, -0.1) is 0 Å². The highest BCUT2D eigenvalue weighted by Gasteiger charge is 2.28. The third-order valence-electron chi connectivity index (χ3n) is 3.18. The predicted molar refractivity (Wildman–Crippen MR) is 73.8 cm³/mol. The molecule has 1 aliphatic carbocycles. The molecule has 2 rings (SSSR count). The summed E-state index contributed by atoms with van der Waals surface area (Å²) in [6, 6.07) is 2.45. The summed E-state index contributed by atoms with van der Waals surface area (Å²) in [4.78, 5) is 12.2. The van der Waals surface area contributed by atoms with Crippen LogP contribution >= 0.6 is 15.9 Å². The zero-order valence-electron chi connectivity index (χ0n) is 10.8. The van der Waals surface area contributed by atoms with Crippen molar-refractivity contribution in [2.75, 3.05) is 13.7 Å². The van der Waals surface area contributed by atoms with E-state index in [4.69, 9.17) is 4.74 Å². The molecule has 1 fully saturated rings. The van der Waals surface area contributed by atoms with E-state index in [0.717, 1.165) is 29.4 Å². The van der Waals surface area contributed by atoms with Crippen LogP contribution in [-0.2, 0) is 4.74 Å². The summed E-state index contributed by atoms with van der Waals surface area (Å²) in [6.07, 6.45) is 5.18. The van der Waals surface area contributed by atoms with Crippen LogP contribution < -0.4 is 5.32 Å². The van der Waals surface area contributed by atoms with Crippen LogP contribution in [0.1, 0.15) is 42.7 Å². The highest BCUT2D eigenvalue weighted by atomic mass is 79.9. The fourth-order valence-corrected chi connectivity index (χ4v) is 2.44. The van der Waals surface area contributed by atoms with Crippen molar-refractivity contribution in [2.24, 2.45) is 0 Å². The van der Waals surface area contributed by atoms with E-state index < -0.39 is 0 Å². The maximum Gasteiger partial charge on any atom is 0.268 e. The van der Waals surface area contributed by atoms with Crippen molar-refractivity contribution in [1.29, 1.82) is 0 Å². The molecule has 1 atom stereocenters. The number of amides is 1. The first kappa shape index (κ1) is 13.6. The number of nitrogens with zero attached hydrogens (tertiary/aromatic N) is 1. The van der Waals surface area contributed by atoms with E-state index in [9.17, 15) is 4.79 Å². The minimum atomic E-state index is -0.0171. The van der Waals surface area contributed by atoms with Crippen LogP contribution in [0, 0.1) is 0 Å². The Morgan fingerprint density at radius 2 is 2.39 bits per heavy atom. The third kappa shape index (κ3) is 3.14. The lowest BCUT2D eigenvalue weighted by Gasteiger charge is -2.16. The minimum Gasteiger partial charge on any atom is -0.383 e. The number of methoxy groups -OCH3 is 1. The molecular weight excluding hydrogens is 296 g/mol. The summed E-state index contributed by atoms with van der Waals surface area (Å²) in [5.74, 6) is -0.0171. The molecular formula is C13H19BrN2O2. The van der Waals surface area contributed by atoms with E-state index in [2.05, 4.69) is 25.8 Å². The smallest absolute Gasteiger partial charge is 0.268 e. The summed E-state index contributed by atoms with van der Waals surface area (Å²) in [7, 11) is 1.65. The van der Waals surface area contributed by atoms with E-state index in [-0.39, 0.29) is 11.9 Å². The Morgan fingerprint density at radius 1 is 1.67 bits per heavy atom. The normalized spacial score (nSPS) is 16.6. The lowest BCUT2D eigenvalue weighted by atomic mass is 10.2. The highest BCUT2D eigenvalue weighted by Crippen LogP contribution is 2.37. The van der Waals surface area contributed by atoms with Gasteiger partial charge in [0.25, 0.3) is 5.91 Å². The first-order chi connectivity index (χ1) is 8.65. The molecule has 100 valence electrons. The van der Waals surface area contributed by atoms with Crippen LogP contribution in [0.15, 0.2) is 16.7 Å². The Morgan fingerprint density at radius 3 is 2.94 bits per heavy atom. The van der Waals surface area contributed by atoms with Gasteiger partial charge in [0.2, 0.25) is 0 Å². The van der Waals surface area contributed by atoms with Crippen LogP contribution in [0.2, 0.25) is 0 Å². The molecule has 0 bridgehead atoms. The molecule has 0 spiro atoms. The lowest BCUT2D eigenvalue weighted by molar-refractivity contribution is 0.0885. The van der Waals surface area contributed by atoms with Gasteiger partial charge in [-0.25, -0.2) is 0 Å². The Labute approximate surface area is 116 Å². The van der Waals surface area contributed by atoms with Gasteiger partial charge in [-0.3, -0.25) is 4.79 Å². The number of aromatic nitrogens is 1. The fourth-order valence-electron chi connectivity index (χ4n) is 2.00.